The fourth-order valence-electron chi connectivity index (χ4n) is 4.50. The van der Waals surface area contributed by atoms with Crippen LogP contribution in [0.5, 0.6) is 5.75 Å². The highest BCUT2D eigenvalue weighted by atomic mass is 19.1. The van der Waals surface area contributed by atoms with Crippen LogP contribution in [0.3, 0.4) is 0 Å². The van der Waals surface area contributed by atoms with E-state index in [0.717, 1.165) is 18.2 Å². The normalized spacial score (nSPS) is 18.7. The van der Waals surface area contributed by atoms with Gasteiger partial charge in [0.25, 0.3) is 0 Å². The summed E-state index contributed by atoms with van der Waals surface area (Å²) in [5.41, 5.74) is -0.252. The standard InChI is InChI=1S/C27H27F3N2O4/c1-35-20-7-9-25-22(15-20)21(24(30)16-31-25)5-2-10-27(26(33)34)17-32(12-13-36-27)11-3-4-18-14-19(28)6-8-23(18)29/h3-4,6-9,14-16H,2,5,10-13,17H2,1H3,(H,33,34)/b4-3+. The number of halogens is 3. The number of fused-ring (bicyclic) bond motifs is 1. The number of hydrogen-bond donors (Lipinski definition) is 1. The van der Waals surface area contributed by atoms with Gasteiger partial charge < -0.3 is 14.6 Å². The number of benzene rings is 2. The average Bonchev–Trinajstić information content (AvgIpc) is 2.87. The van der Waals surface area contributed by atoms with E-state index in [1.165, 1.54) is 19.4 Å². The molecule has 0 bridgehead atoms. The van der Waals surface area contributed by atoms with Gasteiger partial charge in [0.05, 0.1) is 25.4 Å². The van der Waals surface area contributed by atoms with Crippen molar-refractivity contribution in [2.75, 3.05) is 33.4 Å². The molecular formula is C27H27F3N2O4. The van der Waals surface area contributed by atoms with E-state index in [0.29, 0.717) is 48.1 Å². The minimum Gasteiger partial charge on any atom is -0.497 e. The molecule has 0 spiro atoms. The molecule has 0 saturated carbocycles. The molecule has 0 aliphatic carbocycles. The van der Waals surface area contributed by atoms with Gasteiger partial charge in [0.2, 0.25) is 0 Å². The quantitative estimate of drug-likeness (QED) is 0.453. The van der Waals surface area contributed by atoms with Crippen LogP contribution >= 0.6 is 0 Å². The molecule has 2 heterocycles. The molecule has 0 radical (unpaired) electrons. The number of carboxylic acids is 1. The summed E-state index contributed by atoms with van der Waals surface area (Å²) in [6.07, 6.45) is 5.16. The van der Waals surface area contributed by atoms with E-state index in [1.54, 1.807) is 24.3 Å². The van der Waals surface area contributed by atoms with Crippen LogP contribution in [0.25, 0.3) is 17.0 Å². The Morgan fingerprint density at radius 3 is 2.83 bits per heavy atom. The zero-order valence-corrected chi connectivity index (χ0v) is 19.8. The monoisotopic (exact) mass is 500 g/mol. The van der Waals surface area contributed by atoms with Crippen molar-refractivity contribution >= 4 is 22.9 Å². The Morgan fingerprint density at radius 1 is 1.22 bits per heavy atom. The molecule has 1 N–H and O–H groups in total. The van der Waals surface area contributed by atoms with Crippen LogP contribution in [0.2, 0.25) is 0 Å². The third kappa shape index (κ3) is 5.68. The van der Waals surface area contributed by atoms with Gasteiger partial charge in [0.1, 0.15) is 23.2 Å². The third-order valence-corrected chi connectivity index (χ3v) is 6.42. The maximum atomic E-state index is 14.7. The largest absolute Gasteiger partial charge is 0.497 e. The molecule has 0 amide bonds. The molecule has 1 unspecified atom stereocenters. The van der Waals surface area contributed by atoms with Crippen LogP contribution in [0, 0.1) is 17.5 Å². The summed E-state index contributed by atoms with van der Waals surface area (Å²) < 4.78 is 52.9. The second-order valence-electron chi connectivity index (χ2n) is 8.77. The number of nitrogens with zero attached hydrogens (tertiary/aromatic N) is 2. The van der Waals surface area contributed by atoms with Gasteiger partial charge in [0.15, 0.2) is 5.60 Å². The van der Waals surface area contributed by atoms with Crippen molar-refractivity contribution in [3.63, 3.8) is 0 Å². The summed E-state index contributed by atoms with van der Waals surface area (Å²) in [6.45, 7) is 1.16. The third-order valence-electron chi connectivity index (χ3n) is 6.42. The number of pyridine rings is 1. The molecule has 1 fully saturated rings. The fraction of sp³-hybridized carbons (Fsp3) is 0.333. The number of aliphatic carboxylic acids is 1. The van der Waals surface area contributed by atoms with E-state index >= 15 is 0 Å². The predicted octanol–water partition coefficient (Wildman–Crippen LogP) is 4.85. The fourth-order valence-corrected chi connectivity index (χ4v) is 4.50. The number of morpholine rings is 1. The molecule has 9 heteroatoms. The number of carbonyl (C=O) groups is 1. The first-order valence-electron chi connectivity index (χ1n) is 11.6. The molecule has 1 aliphatic rings. The predicted molar refractivity (Wildman–Crippen MR) is 129 cm³/mol. The van der Waals surface area contributed by atoms with Crippen LogP contribution in [-0.2, 0) is 16.0 Å². The van der Waals surface area contributed by atoms with Crippen molar-refractivity contribution < 1.29 is 32.5 Å². The minimum atomic E-state index is -1.45. The van der Waals surface area contributed by atoms with Gasteiger partial charge >= 0.3 is 5.97 Å². The Balaban J connectivity index is 1.44. The molecule has 1 aliphatic heterocycles. The van der Waals surface area contributed by atoms with E-state index in [2.05, 4.69) is 4.98 Å². The smallest absolute Gasteiger partial charge is 0.337 e. The molecule has 4 rings (SSSR count). The van der Waals surface area contributed by atoms with Crippen LogP contribution in [0.15, 0.2) is 48.7 Å². The Labute approximate surface area is 207 Å². The van der Waals surface area contributed by atoms with Gasteiger partial charge in [-0.2, -0.15) is 0 Å². The summed E-state index contributed by atoms with van der Waals surface area (Å²) >= 11 is 0. The van der Waals surface area contributed by atoms with E-state index in [-0.39, 0.29) is 25.1 Å². The molecule has 1 atom stereocenters. The number of rotatable bonds is 9. The van der Waals surface area contributed by atoms with E-state index < -0.39 is 29.0 Å². The molecule has 1 saturated heterocycles. The van der Waals surface area contributed by atoms with Gasteiger partial charge in [-0.05, 0) is 61.2 Å². The highest BCUT2D eigenvalue weighted by Gasteiger charge is 2.43. The Hall–Kier alpha value is -3.43. The van der Waals surface area contributed by atoms with Crippen molar-refractivity contribution in [3.05, 3.63) is 77.2 Å². The summed E-state index contributed by atoms with van der Waals surface area (Å²) in [5, 5.41) is 10.6. The molecule has 2 aromatic carbocycles. The molecule has 36 heavy (non-hydrogen) atoms. The first-order valence-corrected chi connectivity index (χ1v) is 11.6. The number of methoxy groups -OCH3 is 1. The Morgan fingerprint density at radius 2 is 2.06 bits per heavy atom. The average molecular weight is 501 g/mol. The van der Waals surface area contributed by atoms with Gasteiger partial charge in [-0.3, -0.25) is 9.88 Å². The second-order valence-corrected chi connectivity index (χ2v) is 8.77. The van der Waals surface area contributed by atoms with Gasteiger partial charge in [0, 0.05) is 30.6 Å². The lowest BCUT2D eigenvalue weighted by Gasteiger charge is -2.39. The molecular weight excluding hydrogens is 473 g/mol. The van der Waals surface area contributed by atoms with Crippen molar-refractivity contribution in [2.24, 2.45) is 0 Å². The van der Waals surface area contributed by atoms with Crippen molar-refractivity contribution in [1.82, 2.24) is 9.88 Å². The molecule has 190 valence electrons. The summed E-state index contributed by atoms with van der Waals surface area (Å²) in [6, 6.07) is 8.43. The number of ether oxygens (including phenoxy) is 2. The van der Waals surface area contributed by atoms with Crippen LogP contribution in [0.1, 0.15) is 24.0 Å². The number of hydrogen-bond acceptors (Lipinski definition) is 5. The first-order chi connectivity index (χ1) is 17.3. The van der Waals surface area contributed by atoms with Crippen LogP contribution in [-0.4, -0.2) is 59.9 Å². The van der Waals surface area contributed by atoms with E-state index in [9.17, 15) is 23.1 Å². The summed E-state index contributed by atoms with van der Waals surface area (Å²) in [5.74, 6) is -2.04. The summed E-state index contributed by atoms with van der Waals surface area (Å²) in [7, 11) is 1.53. The van der Waals surface area contributed by atoms with Gasteiger partial charge in [-0.15, -0.1) is 0 Å². The van der Waals surface area contributed by atoms with Crippen molar-refractivity contribution in [2.45, 2.75) is 24.9 Å². The number of aromatic nitrogens is 1. The Bertz CT molecular complexity index is 1280. The number of aryl methyl sites for hydroxylation is 1. The molecule has 6 nitrogen and oxygen atoms in total. The Kier molecular flexibility index (Phi) is 7.91. The first kappa shape index (κ1) is 25.7. The zero-order chi connectivity index (χ0) is 25.7. The highest BCUT2D eigenvalue weighted by Crippen LogP contribution is 2.29. The number of carboxylic acid groups (broad SMARTS) is 1. The maximum absolute atomic E-state index is 14.7. The maximum Gasteiger partial charge on any atom is 0.337 e. The molecule has 3 aromatic rings. The van der Waals surface area contributed by atoms with Crippen LogP contribution in [0.4, 0.5) is 13.2 Å². The minimum absolute atomic E-state index is 0.117. The van der Waals surface area contributed by atoms with Crippen molar-refractivity contribution in [3.8, 4) is 5.75 Å². The summed E-state index contributed by atoms with van der Waals surface area (Å²) in [4.78, 5) is 18.3. The lowest BCUT2D eigenvalue weighted by Crippen LogP contribution is -2.56. The zero-order valence-electron chi connectivity index (χ0n) is 19.8. The van der Waals surface area contributed by atoms with Crippen molar-refractivity contribution in [1.29, 1.82) is 0 Å². The highest BCUT2D eigenvalue weighted by molar-refractivity contribution is 5.83. The van der Waals surface area contributed by atoms with Gasteiger partial charge in [-0.25, -0.2) is 18.0 Å². The van der Waals surface area contributed by atoms with E-state index in [1.807, 2.05) is 4.90 Å². The van der Waals surface area contributed by atoms with Gasteiger partial charge in [-0.1, -0.05) is 12.2 Å². The lowest BCUT2D eigenvalue weighted by molar-refractivity contribution is -0.179. The second kappa shape index (κ2) is 11.1. The SMILES string of the molecule is COc1ccc2ncc(F)c(CCCC3(C(=O)O)CN(C/C=C/c4cc(F)ccc4F)CCO3)c2c1. The molecule has 1 aromatic heterocycles. The lowest BCUT2D eigenvalue weighted by atomic mass is 9.92. The van der Waals surface area contributed by atoms with Crippen LogP contribution < -0.4 is 4.74 Å². The van der Waals surface area contributed by atoms with E-state index in [4.69, 9.17) is 9.47 Å². The topological polar surface area (TPSA) is 71.9 Å².